The molecule has 4 aliphatic rings. The molecule has 0 radical (unpaired) electrons. The van der Waals surface area contributed by atoms with Gasteiger partial charge in [-0.3, -0.25) is 33.6 Å². The molecule has 20 nitrogen and oxygen atoms in total. The zero-order valence-electron chi connectivity index (χ0n) is 40.8. The Morgan fingerprint density at radius 2 is 1.37 bits per heavy atom. The lowest BCUT2D eigenvalue weighted by Crippen LogP contribution is -2.69. The fourth-order valence-corrected chi connectivity index (χ4v) is 10.4. The highest BCUT2D eigenvalue weighted by Crippen LogP contribution is 2.70. The number of halogens is 1. The molecule has 4 aliphatic carbocycles. The highest BCUT2D eigenvalue weighted by Gasteiger charge is 2.75. The molecule has 70 heavy (non-hydrogen) atoms. The molecule has 0 aromatic carbocycles. The number of carbonyl (C=O) groups excluding carboxylic acids is 8. The number of fused-ring (bicyclic) bond motifs is 5. The van der Waals surface area contributed by atoms with E-state index in [-0.39, 0.29) is 103 Å². The Bertz CT molecular complexity index is 1970. The van der Waals surface area contributed by atoms with Gasteiger partial charge in [0, 0.05) is 16.7 Å². The summed E-state index contributed by atoms with van der Waals surface area (Å²) in [6, 6.07) is 0. The maximum Gasteiger partial charge on any atom is 0.511 e. The Kier molecular flexibility index (Phi) is 21.7. The second-order valence-electron chi connectivity index (χ2n) is 18.7. The number of carbonyl (C=O) groups is 8. The van der Waals surface area contributed by atoms with Crippen LogP contribution < -0.4 is 5.73 Å². The van der Waals surface area contributed by atoms with Crippen LogP contribution in [0.5, 0.6) is 0 Å². The Labute approximate surface area is 407 Å². The highest BCUT2D eigenvalue weighted by molar-refractivity contribution is 6.01. The maximum atomic E-state index is 17.4. The van der Waals surface area contributed by atoms with Crippen LogP contribution in [-0.4, -0.2) is 147 Å². The lowest BCUT2D eigenvalue weighted by Gasteiger charge is -2.62. The fraction of sp³-hybridized carbons (Fsp3) is 0.714. The molecule has 1 amide bonds. The van der Waals surface area contributed by atoms with Gasteiger partial charge in [-0.2, -0.15) is 0 Å². The minimum absolute atomic E-state index is 0.0518. The second kappa shape index (κ2) is 26.4. The summed E-state index contributed by atoms with van der Waals surface area (Å²) in [5.41, 5.74) is -0.733. The Balaban J connectivity index is 0.982. The van der Waals surface area contributed by atoms with Gasteiger partial charge in [-0.1, -0.05) is 44.6 Å². The van der Waals surface area contributed by atoms with Crippen LogP contribution >= 0.6 is 0 Å². The quantitative estimate of drug-likeness (QED) is 0.0317. The summed E-state index contributed by atoms with van der Waals surface area (Å²) in [4.78, 5) is 97.7. The van der Waals surface area contributed by atoms with Gasteiger partial charge < -0.3 is 58.6 Å². The number of primary amides is 1. The number of alkyl halides is 1. The van der Waals surface area contributed by atoms with Crippen LogP contribution in [0.15, 0.2) is 36.0 Å². The van der Waals surface area contributed by atoms with E-state index in [0.29, 0.717) is 31.3 Å². The molecule has 0 heterocycles. The van der Waals surface area contributed by atoms with Crippen molar-refractivity contribution in [3.8, 4) is 0 Å². The molecule has 4 rings (SSSR count). The molecule has 21 heteroatoms. The molecule has 0 saturated heterocycles. The number of Topliss-reactive ketones (excluding diaryl/α,β-unsaturated/α-hetero) is 1. The molecule has 0 spiro atoms. The van der Waals surface area contributed by atoms with Crippen molar-refractivity contribution >= 4 is 47.5 Å². The Hall–Kier alpha value is -5.09. The average Bonchev–Trinajstić information content (AvgIpc) is 3.51. The molecule has 10 atom stereocenters. The minimum atomic E-state index is -2.13. The number of ketones is 2. The first-order valence-corrected chi connectivity index (χ1v) is 23.8. The van der Waals surface area contributed by atoms with E-state index in [1.807, 2.05) is 19.1 Å². The van der Waals surface area contributed by atoms with Crippen LogP contribution in [0, 0.1) is 34.5 Å². The van der Waals surface area contributed by atoms with Crippen LogP contribution in [-0.2, 0) is 76.2 Å². The van der Waals surface area contributed by atoms with Crippen molar-refractivity contribution in [2.45, 2.75) is 122 Å². The first-order chi connectivity index (χ1) is 33.1. The zero-order chi connectivity index (χ0) is 51.7. The molecule has 0 bridgehead atoms. The van der Waals surface area contributed by atoms with Gasteiger partial charge in [0.15, 0.2) is 18.1 Å². The number of aliphatic hydroxyl groups is 2. The van der Waals surface area contributed by atoms with Gasteiger partial charge in [0.25, 0.3) is 0 Å². The van der Waals surface area contributed by atoms with Crippen LogP contribution in [0.25, 0.3) is 0 Å². The van der Waals surface area contributed by atoms with Crippen molar-refractivity contribution in [1.29, 1.82) is 0 Å². The smallest absolute Gasteiger partial charge is 0.463 e. The van der Waals surface area contributed by atoms with Gasteiger partial charge in [0.1, 0.15) is 24.9 Å². The standard InChI is InChI=1S/C49H70FNO19/c1-6-7-8-31(2)37(27-40(51)55)70-45(60)69-30-68-44(59)14-12-42(57)66-24-22-64-20-18-62-17-19-63-21-23-65-41(56)11-13-43(58)67-29-39(54)49(61)32(3)25-36-35-10-9-33-26-34(52)15-16-46(33,4)48(35,50)38(53)28-47(36,49)5/h6-7,15-16,26,31-32,35-38,53,61H,8-14,17-25,27-30H2,1-5H3,(H2,51,55)/b7-6+/t31-,32+,35?,36?,37+,38?,46+,47+,48+,49+/m1/s1. The lowest BCUT2D eigenvalue weighted by molar-refractivity contribution is -0.220. The van der Waals surface area contributed by atoms with E-state index in [9.17, 15) is 48.6 Å². The number of esters is 4. The van der Waals surface area contributed by atoms with Crippen LogP contribution in [0.2, 0.25) is 0 Å². The van der Waals surface area contributed by atoms with Crippen molar-refractivity contribution in [2.24, 2.45) is 40.2 Å². The van der Waals surface area contributed by atoms with Crippen LogP contribution in [0.4, 0.5) is 9.18 Å². The van der Waals surface area contributed by atoms with E-state index in [0.717, 1.165) is 0 Å². The zero-order valence-corrected chi connectivity index (χ0v) is 40.8. The van der Waals surface area contributed by atoms with Crippen molar-refractivity contribution in [1.82, 2.24) is 0 Å². The third kappa shape index (κ3) is 14.3. The normalized spacial score (nSPS) is 28.6. The number of ether oxygens (including phenoxy) is 9. The Morgan fingerprint density at radius 3 is 1.93 bits per heavy atom. The van der Waals surface area contributed by atoms with E-state index in [2.05, 4.69) is 0 Å². The minimum Gasteiger partial charge on any atom is -0.463 e. The molecule has 0 aliphatic heterocycles. The molecule has 4 N–H and O–H groups in total. The predicted molar refractivity (Wildman–Crippen MR) is 241 cm³/mol. The molecule has 3 unspecified atom stereocenters. The molecule has 3 fully saturated rings. The summed E-state index contributed by atoms with van der Waals surface area (Å²) in [5.74, 6) is -6.74. The van der Waals surface area contributed by atoms with Crippen molar-refractivity contribution < 1.29 is 95.6 Å². The summed E-state index contributed by atoms with van der Waals surface area (Å²) in [6.45, 7) is 7.88. The molecule has 0 aromatic rings. The Morgan fingerprint density at radius 1 is 0.829 bits per heavy atom. The van der Waals surface area contributed by atoms with Crippen LogP contribution in [0.1, 0.15) is 98.8 Å². The number of hydrogen-bond acceptors (Lipinski definition) is 19. The molecule has 0 aromatic heterocycles. The van der Waals surface area contributed by atoms with E-state index >= 15 is 4.39 Å². The van der Waals surface area contributed by atoms with Gasteiger partial charge in [0.2, 0.25) is 18.5 Å². The van der Waals surface area contributed by atoms with E-state index < -0.39 is 107 Å². The van der Waals surface area contributed by atoms with E-state index in [4.69, 9.17) is 48.4 Å². The molecule has 3 saturated carbocycles. The fourth-order valence-electron chi connectivity index (χ4n) is 10.4. The molecular weight excluding hydrogens is 926 g/mol. The van der Waals surface area contributed by atoms with Gasteiger partial charge in [0.05, 0.1) is 77.8 Å². The lowest BCUT2D eigenvalue weighted by atomic mass is 9.44. The number of nitrogens with two attached hydrogens (primary N) is 1. The molecular formula is C49H70FNO19. The first-order valence-electron chi connectivity index (χ1n) is 23.8. The SMILES string of the molecule is C/C=C/C[C@@H](C)[C@H](CC(N)=O)OC(=O)OCOC(=O)CCC(=O)OCCOCCOCCOCCOC(=O)CCC(=O)OCC(=O)[C@@]1(O)[C@@H](C)CC2C3CCC4=CC(=O)C=C[C@]4(C)[C@@]3(F)C(O)C[C@@]21C. The van der Waals surface area contributed by atoms with Gasteiger partial charge >= 0.3 is 30.0 Å². The predicted octanol–water partition coefficient (Wildman–Crippen LogP) is 3.64. The maximum absolute atomic E-state index is 17.4. The number of aliphatic hydroxyl groups excluding tert-OH is 1. The topological polar surface area (TPSA) is 286 Å². The summed E-state index contributed by atoms with van der Waals surface area (Å²) in [6.07, 6.45) is 4.32. The summed E-state index contributed by atoms with van der Waals surface area (Å²) in [7, 11) is 0. The van der Waals surface area contributed by atoms with Gasteiger partial charge in [-0.05, 0) is 75.9 Å². The summed E-state index contributed by atoms with van der Waals surface area (Å²) >= 11 is 0. The number of hydrogen-bond donors (Lipinski definition) is 3. The third-order valence-electron chi connectivity index (χ3n) is 14.2. The van der Waals surface area contributed by atoms with Crippen molar-refractivity contribution in [2.75, 3.05) is 66.3 Å². The number of rotatable bonds is 29. The van der Waals surface area contributed by atoms with Crippen molar-refractivity contribution in [3.05, 3.63) is 36.0 Å². The second-order valence-corrected chi connectivity index (χ2v) is 18.7. The third-order valence-corrected chi connectivity index (χ3v) is 14.2. The van der Waals surface area contributed by atoms with Crippen LogP contribution in [0.3, 0.4) is 0 Å². The largest absolute Gasteiger partial charge is 0.511 e. The molecule has 392 valence electrons. The first kappa shape index (κ1) is 57.5. The highest BCUT2D eigenvalue weighted by atomic mass is 19.1. The van der Waals surface area contributed by atoms with Crippen molar-refractivity contribution in [3.63, 3.8) is 0 Å². The van der Waals surface area contributed by atoms with E-state index in [1.54, 1.807) is 33.8 Å². The van der Waals surface area contributed by atoms with E-state index in [1.165, 1.54) is 12.2 Å². The summed E-state index contributed by atoms with van der Waals surface area (Å²) in [5, 5.41) is 23.6. The number of amides is 1. The monoisotopic (exact) mass is 995 g/mol. The average molecular weight is 996 g/mol. The summed E-state index contributed by atoms with van der Waals surface area (Å²) < 4.78 is 63.4. The van der Waals surface area contributed by atoms with Gasteiger partial charge in [-0.25, -0.2) is 9.18 Å². The number of allylic oxidation sites excluding steroid dienone is 6. The van der Waals surface area contributed by atoms with Gasteiger partial charge in [-0.15, -0.1) is 0 Å².